The van der Waals surface area contributed by atoms with Crippen molar-refractivity contribution >= 4 is 38.4 Å². The Bertz CT molecular complexity index is 1630. The van der Waals surface area contributed by atoms with E-state index in [4.69, 9.17) is 0 Å². The van der Waals surface area contributed by atoms with E-state index in [0.29, 0.717) is 33.1 Å². The van der Waals surface area contributed by atoms with E-state index in [1.54, 1.807) is 41.2 Å². The maximum absolute atomic E-state index is 13.2. The number of pyridine rings is 1. The Morgan fingerprint density at radius 2 is 1.57 bits per heavy atom. The number of benzene rings is 3. The summed E-state index contributed by atoms with van der Waals surface area (Å²) in [6, 6.07) is 13.0. The third-order valence-electron chi connectivity index (χ3n) is 5.12. The molecule has 8 heteroatoms. The zero-order valence-corrected chi connectivity index (χ0v) is 14.2. The summed E-state index contributed by atoms with van der Waals surface area (Å²) >= 11 is 0. The molecule has 3 aromatic carbocycles. The van der Waals surface area contributed by atoms with Gasteiger partial charge in [-0.1, -0.05) is 0 Å². The van der Waals surface area contributed by atoms with Crippen LogP contribution in [0.5, 0.6) is 5.75 Å². The van der Waals surface area contributed by atoms with Gasteiger partial charge in [0.15, 0.2) is 0 Å². The van der Waals surface area contributed by atoms with Gasteiger partial charge in [-0.25, -0.2) is 19.1 Å². The van der Waals surface area contributed by atoms with Gasteiger partial charge in [0.25, 0.3) is 16.9 Å². The summed E-state index contributed by atoms with van der Waals surface area (Å²) < 4.78 is 2.85. The third kappa shape index (κ3) is 1.73. The van der Waals surface area contributed by atoms with Gasteiger partial charge in [0.1, 0.15) is 12.1 Å². The third-order valence-corrected chi connectivity index (χ3v) is 5.12. The molecule has 0 aliphatic carbocycles. The summed E-state index contributed by atoms with van der Waals surface area (Å²) in [7, 11) is 0. The van der Waals surface area contributed by atoms with E-state index in [9.17, 15) is 14.7 Å². The van der Waals surface area contributed by atoms with Gasteiger partial charge < -0.3 is 5.11 Å². The molecule has 28 heavy (non-hydrogen) atoms. The Kier molecular flexibility index (Phi) is 2.64. The highest BCUT2D eigenvalue weighted by molar-refractivity contribution is 6.21. The highest BCUT2D eigenvalue weighted by atomic mass is 16.3. The quantitative estimate of drug-likeness (QED) is 0.432. The molecule has 3 heterocycles. The second-order valence-corrected chi connectivity index (χ2v) is 6.61. The number of phenols is 1. The van der Waals surface area contributed by atoms with Crippen LogP contribution in [-0.2, 0) is 0 Å². The van der Waals surface area contributed by atoms with E-state index >= 15 is 0 Å². The molecule has 0 atom stereocenters. The molecule has 0 saturated heterocycles. The Balaban J connectivity index is 1.87. The number of aromatic amines is 1. The molecule has 3 aromatic heterocycles. The molecule has 2 N–H and O–H groups in total. The molecule has 0 spiro atoms. The van der Waals surface area contributed by atoms with E-state index in [0.717, 1.165) is 15.5 Å². The minimum atomic E-state index is -0.410. The van der Waals surface area contributed by atoms with E-state index in [2.05, 4.69) is 15.1 Å². The van der Waals surface area contributed by atoms with Gasteiger partial charge in [0.05, 0.1) is 16.7 Å². The molecule has 0 bridgehead atoms. The Morgan fingerprint density at radius 3 is 2.32 bits per heavy atom. The molecule has 0 fully saturated rings. The van der Waals surface area contributed by atoms with Gasteiger partial charge in [-0.3, -0.25) is 14.7 Å². The number of hydrogen-bond donors (Lipinski definition) is 2. The smallest absolute Gasteiger partial charge is 0.265 e. The Morgan fingerprint density at radius 1 is 0.857 bits per heavy atom. The number of hydrogen-bond acceptors (Lipinski definition) is 5. The molecule has 0 unspecified atom stereocenters. The standard InChI is InChI=1S/C20H11N5O3/c26-11-3-1-10(2-4-11)24-18(27)12-5-7-14-17-15(25-20(23-14)21-9-22-25)8-6-13(16(12)17)19(24)28/h1-9,26H,(H,21,22,23). The summed E-state index contributed by atoms with van der Waals surface area (Å²) in [5.74, 6) is 0.573. The van der Waals surface area contributed by atoms with E-state index in [1.165, 1.54) is 12.1 Å². The van der Waals surface area contributed by atoms with Gasteiger partial charge in [-0.2, -0.15) is 0 Å². The minimum absolute atomic E-state index is 0.0635. The topological polar surface area (TPSA) is 105 Å². The number of H-pyrrole nitrogens is 1. The van der Waals surface area contributed by atoms with Crippen LogP contribution in [0.4, 0.5) is 0 Å². The molecular weight excluding hydrogens is 358 g/mol. The lowest BCUT2D eigenvalue weighted by molar-refractivity contribution is 0.475. The summed E-state index contributed by atoms with van der Waals surface area (Å²) in [5.41, 5.74) is 1.04. The highest BCUT2D eigenvalue weighted by Crippen LogP contribution is 2.31. The molecule has 6 aromatic rings. The zero-order valence-electron chi connectivity index (χ0n) is 14.2. The van der Waals surface area contributed by atoms with Gasteiger partial charge in [-0.15, -0.1) is 0 Å². The van der Waals surface area contributed by atoms with Crippen molar-refractivity contribution in [3.8, 4) is 11.4 Å². The first-order valence-electron chi connectivity index (χ1n) is 8.58. The normalized spacial score (nSPS) is 12.0. The Hall–Kier alpha value is -4.20. The number of rotatable bonds is 1. The van der Waals surface area contributed by atoms with Crippen molar-refractivity contribution in [2.45, 2.75) is 0 Å². The predicted molar refractivity (Wildman–Crippen MR) is 105 cm³/mol. The van der Waals surface area contributed by atoms with Crippen molar-refractivity contribution < 1.29 is 5.11 Å². The van der Waals surface area contributed by atoms with Crippen molar-refractivity contribution in [3.63, 3.8) is 0 Å². The highest BCUT2D eigenvalue weighted by Gasteiger charge is 2.19. The predicted octanol–water partition coefficient (Wildman–Crippen LogP) is 2.17. The van der Waals surface area contributed by atoms with Crippen molar-refractivity contribution in [1.82, 2.24) is 24.1 Å². The average Bonchev–Trinajstić information content (AvgIpc) is 3.17. The maximum atomic E-state index is 13.2. The second-order valence-electron chi connectivity index (χ2n) is 6.61. The van der Waals surface area contributed by atoms with Crippen LogP contribution in [0.2, 0.25) is 0 Å². The summed E-state index contributed by atoms with van der Waals surface area (Å²) in [6.07, 6.45) is 1.54. The van der Waals surface area contributed by atoms with Crippen molar-refractivity contribution in [2.24, 2.45) is 0 Å². The lowest BCUT2D eigenvalue weighted by atomic mass is 10.00. The van der Waals surface area contributed by atoms with Crippen LogP contribution in [0.3, 0.4) is 0 Å². The fraction of sp³-hybridized carbons (Fsp3) is 0. The lowest BCUT2D eigenvalue weighted by Crippen LogP contribution is -2.31. The van der Waals surface area contributed by atoms with Crippen LogP contribution in [0.15, 0.2) is 64.4 Å². The summed E-state index contributed by atoms with van der Waals surface area (Å²) in [4.78, 5) is 35.1. The van der Waals surface area contributed by atoms with Crippen LogP contribution in [0, 0.1) is 0 Å². The number of phenolic OH excluding ortho intramolecular Hbond substituents is 1. The molecule has 0 aliphatic rings. The molecule has 0 radical (unpaired) electrons. The Labute approximate surface area is 155 Å². The van der Waals surface area contributed by atoms with Crippen LogP contribution >= 0.6 is 0 Å². The largest absolute Gasteiger partial charge is 0.508 e. The van der Waals surface area contributed by atoms with E-state index < -0.39 is 11.1 Å². The van der Waals surface area contributed by atoms with Crippen molar-refractivity contribution in [1.29, 1.82) is 0 Å². The summed E-state index contributed by atoms with van der Waals surface area (Å²) in [5, 5.41) is 14.7. The SMILES string of the molecule is O=c1c2ccc3nc4nc[nH]n4c4ccc(c(=O)n1-c1ccc(O)cc1)c2c34. The lowest BCUT2D eigenvalue weighted by Gasteiger charge is -2.13. The minimum Gasteiger partial charge on any atom is -0.508 e. The molecule has 134 valence electrons. The van der Waals surface area contributed by atoms with E-state index in [1.807, 2.05) is 6.07 Å². The number of fused-ring (bicyclic) bond motifs is 2. The summed E-state index contributed by atoms with van der Waals surface area (Å²) in [6.45, 7) is 0. The average molecular weight is 369 g/mol. The molecule has 6 rings (SSSR count). The van der Waals surface area contributed by atoms with Gasteiger partial charge in [0, 0.05) is 21.5 Å². The first-order chi connectivity index (χ1) is 13.6. The molecule has 0 amide bonds. The zero-order chi connectivity index (χ0) is 19.0. The van der Waals surface area contributed by atoms with Gasteiger partial charge >= 0.3 is 0 Å². The number of nitrogens with zero attached hydrogens (tertiary/aromatic N) is 4. The number of aromatic hydroxyl groups is 1. The fourth-order valence-electron chi connectivity index (χ4n) is 3.89. The van der Waals surface area contributed by atoms with Crippen molar-refractivity contribution in [2.75, 3.05) is 0 Å². The van der Waals surface area contributed by atoms with Gasteiger partial charge in [0.2, 0.25) is 0 Å². The number of nitrogens with one attached hydrogen (secondary N) is 1. The van der Waals surface area contributed by atoms with Crippen LogP contribution in [0.25, 0.3) is 44.0 Å². The van der Waals surface area contributed by atoms with E-state index in [-0.39, 0.29) is 5.75 Å². The second kappa shape index (κ2) is 4.95. The van der Waals surface area contributed by atoms with Crippen molar-refractivity contribution in [3.05, 3.63) is 75.6 Å². The number of aromatic nitrogens is 5. The monoisotopic (exact) mass is 369 g/mol. The first-order valence-corrected chi connectivity index (χ1v) is 8.58. The molecule has 0 aliphatic heterocycles. The van der Waals surface area contributed by atoms with Crippen LogP contribution < -0.4 is 11.1 Å². The first kappa shape index (κ1) is 14.9. The molecule has 8 nitrogen and oxygen atoms in total. The van der Waals surface area contributed by atoms with Gasteiger partial charge in [-0.05, 0) is 48.5 Å². The van der Waals surface area contributed by atoms with Crippen LogP contribution in [0.1, 0.15) is 0 Å². The van der Waals surface area contributed by atoms with Crippen LogP contribution in [-0.4, -0.2) is 29.3 Å². The fourth-order valence-corrected chi connectivity index (χ4v) is 3.89. The maximum Gasteiger partial charge on any atom is 0.265 e. The molecule has 0 saturated carbocycles. The molecular formula is C20H11N5O3.